The van der Waals surface area contributed by atoms with E-state index >= 15 is 0 Å². The maximum atomic E-state index is 11.9. The van der Waals surface area contributed by atoms with E-state index in [9.17, 15) is 9.90 Å². The molecule has 4 nitrogen and oxygen atoms in total. The number of nitrogens with one attached hydrogen (secondary N) is 1. The molecule has 1 fully saturated rings. The number of rotatable bonds is 3. The first kappa shape index (κ1) is 11.5. The molecule has 4 heteroatoms. The number of hydrogen-bond acceptors (Lipinski definition) is 3. The van der Waals surface area contributed by atoms with Gasteiger partial charge >= 0.3 is 0 Å². The van der Waals surface area contributed by atoms with E-state index in [1.807, 2.05) is 13.8 Å². The van der Waals surface area contributed by atoms with Crippen LogP contribution in [-0.2, 0) is 4.79 Å². The quantitative estimate of drug-likeness (QED) is 0.672. The van der Waals surface area contributed by atoms with Gasteiger partial charge in [-0.1, -0.05) is 0 Å². The number of nitrogens with zero attached hydrogens (tertiary/aromatic N) is 1. The van der Waals surface area contributed by atoms with Crippen LogP contribution in [0.2, 0.25) is 0 Å². The molecule has 1 heterocycles. The summed E-state index contributed by atoms with van der Waals surface area (Å²) in [5, 5.41) is 13.3. The van der Waals surface area contributed by atoms with Crippen molar-refractivity contribution >= 4 is 5.91 Å². The Labute approximate surface area is 85.3 Å². The van der Waals surface area contributed by atoms with Crippen molar-refractivity contribution in [2.45, 2.75) is 32.3 Å². The Balaban J connectivity index is 2.64. The van der Waals surface area contributed by atoms with Gasteiger partial charge in [-0.2, -0.15) is 0 Å². The normalized spacial score (nSPS) is 20.5. The maximum Gasteiger partial charge on any atom is 0.254 e. The summed E-state index contributed by atoms with van der Waals surface area (Å²) in [6, 6.07) is 0. The molecular formula is C10H20N2O2. The molecule has 0 bridgehead atoms. The van der Waals surface area contributed by atoms with Crippen LogP contribution < -0.4 is 5.32 Å². The third-order valence-corrected chi connectivity index (χ3v) is 2.88. The molecule has 2 N–H and O–H groups in total. The molecule has 0 saturated carbocycles. The summed E-state index contributed by atoms with van der Waals surface area (Å²) in [5.41, 5.74) is -1.11. The minimum atomic E-state index is -1.11. The fourth-order valence-electron chi connectivity index (χ4n) is 1.86. The van der Waals surface area contributed by atoms with Crippen molar-refractivity contribution in [3.63, 3.8) is 0 Å². The Bertz CT molecular complexity index is 196. The van der Waals surface area contributed by atoms with E-state index in [-0.39, 0.29) is 5.91 Å². The minimum Gasteiger partial charge on any atom is -0.380 e. The summed E-state index contributed by atoms with van der Waals surface area (Å²) in [6.45, 7) is 6.67. The van der Waals surface area contributed by atoms with Crippen LogP contribution in [0.3, 0.4) is 0 Å². The summed E-state index contributed by atoms with van der Waals surface area (Å²) < 4.78 is 0. The molecule has 1 rings (SSSR count). The van der Waals surface area contributed by atoms with Crippen molar-refractivity contribution in [1.82, 2.24) is 10.2 Å². The number of aliphatic hydroxyl groups is 1. The monoisotopic (exact) mass is 200 g/mol. The van der Waals surface area contributed by atoms with E-state index in [1.54, 1.807) is 4.90 Å². The highest BCUT2D eigenvalue weighted by atomic mass is 16.3. The predicted molar refractivity (Wildman–Crippen MR) is 55.0 cm³/mol. The van der Waals surface area contributed by atoms with Gasteiger partial charge in [0, 0.05) is 13.1 Å². The first-order chi connectivity index (χ1) is 6.64. The standard InChI is InChI=1S/C10H20N2O2/c1-3-12(4-2)9(13)10(14)5-7-11-8-6-10/h11,14H,3-8H2,1-2H3. The van der Waals surface area contributed by atoms with Crippen molar-refractivity contribution in [2.24, 2.45) is 0 Å². The zero-order valence-electron chi connectivity index (χ0n) is 9.05. The zero-order chi connectivity index (χ0) is 10.6. The number of piperidine rings is 1. The van der Waals surface area contributed by atoms with Crippen LogP contribution in [0.4, 0.5) is 0 Å². The van der Waals surface area contributed by atoms with Gasteiger partial charge in [-0.3, -0.25) is 4.79 Å². The molecule has 0 aliphatic carbocycles. The van der Waals surface area contributed by atoms with Gasteiger partial charge in [0.05, 0.1) is 0 Å². The number of amides is 1. The SMILES string of the molecule is CCN(CC)C(=O)C1(O)CCNCC1. The van der Waals surface area contributed by atoms with Crippen LogP contribution in [0, 0.1) is 0 Å². The summed E-state index contributed by atoms with van der Waals surface area (Å²) in [7, 11) is 0. The summed E-state index contributed by atoms with van der Waals surface area (Å²) in [4.78, 5) is 13.6. The molecule has 14 heavy (non-hydrogen) atoms. The smallest absolute Gasteiger partial charge is 0.254 e. The molecule has 82 valence electrons. The highest BCUT2D eigenvalue weighted by Gasteiger charge is 2.39. The van der Waals surface area contributed by atoms with E-state index < -0.39 is 5.60 Å². The van der Waals surface area contributed by atoms with Gasteiger partial charge in [0.15, 0.2) is 0 Å². The van der Waals surface area contributed by atoms with Gasteiger partial charge in [-0.05, 0) is 39.8 Å². The average molecular weight is 200 g/mol. The molecule has 0 aromatic carbocycles. The molecule has 0 spiro atoms. The molecule has 0 atom stereocenters. The second-order valence-corrected chi connectivity index (χ2v) is 3.76. The first-order valence-electron chi connectivity index (χ1n) is 5.36. The molecule has 1 saturated heterocycles. The fraction of sp³-hybridized carbons (Fsp3) is 0.900. The Morgan fingerprint density at radius 2 is 1.86 bits per heavy atom. The van der Waals surface area contributed by atoms with E-state index in [0.29, 0.717) is 25.9 Å². The third-order valence-electron chi connectivity index (χ3n) is 2.88. The third kappa shape index (κ3) is 2.25. The van der Waals surface area contributed by atoms with Crippen LogP contribution in [0.25, 0.3) is 0 Å². The Morgan fingerprint density at radius 1 is 1.36 bits per heavy atom. The minimum absolute atomic E-state index is 0.107. The van der Waals surface area contributed by atoms with E-state index in [4.69, 9.17) is 0 Å². The average Bonchev–Trinajstić information content (AvgIpc) is 2.20. The molecular weight excluding hydrogens is 180 g/mol. The lowest BCUT2D eigenvalue weighted by atomic mass is 9.91. The summed E-state index contributed by atoms with van der Waals surface area (Å²) in [6.07, 6.45) is 1.06. The maximum absolute atomic E-state index is 11.9. The topological polar surface area (TPSA) is 52.6 Å². The fourth-order valence-corrected chi connectivity index (χ4v) is 1.86. The van der Waals surface area contributed by atoms with Crippen molar-refractivity contribution in [2.75, 3.05) is 26.2 Å². The molecule has 1 aliphatic rings. The van der Waals surface area contributed by atoms with Crippen LogP contribution in [0.15, 0.2) is 0 Å². The number of hydrogen-bond donors (Lipinski definition) is 2. The van der Waals surface area contributed by atoms with Crippen LogP contribution >= 0.6 is 0 Å². The van der Waals surface area contributed by atoms with E-state index in [2.05, 4.69) is 5.32 Å². The molecule has 0 aromatic rings. The molecule has 0 unspecified atom stereocenters. The molecule has 0 aromatic heterocycles. The molecule has 1 amide bonds. The van der Waals surface area contributed by atoms with Crippen LogP contribution in [0.5, 0.6) is 0 Å². The van der Waals surface area contributed by atoms with Crippen molar-refractivity contribution in [1.29, 1.82) is 0 Å². The van der Waals surface area contributed by atoms with E-state index in [0.717, 1.165) is 13.1 Å². The highest BCUT2D eigenvalue weighted by molar-refractivity contribution is 5.85. The molecule has 0 radical (unpaired) electrons. The highest BCUT2D eigenvalue weighted by Crippen LogP contribution is 2.20. The van der Waals surface area contributed by atoms with Crippen LogP contribution in [0.1, 0.15) is 26.7 Å². The van der Waals surface area contributed by atoms with Crippen molar-refractivity contribution in [3.8, 4) is 0 Å². The largest absolute Gasteiger partial charge is 0.380 e. The van der Waals surface area contributed by atoms with Gasteiger partial charge in [0.25, 0.3) is 5.91 Å². The Kier molecular flexibility index (Phi) is 3.89. The Hall–Kier alpha value is -0.610. The predicted octanol–water partition coefficient (Wildman–Crippen LogP) is -0.0307. The second-order valence-electron chi connectivity index (χ2n) is 3.76. The number of likely N-dealkylation sites (N-methyl/N-ethyl adjacent to an activating group) is 1. The summed E-state index contributed by atoms with van der Waals surface area (Å²) >= 11 is 0. The zero-order valence-corrected chi connectivity index (χ0v) is 9.05. The lowest BCUT2D eigenvalue weighted by molar-refractivity contribution is -0.153. The van der Waals surface area contributed by atoms with Gasteiger partial charge in [-0.25, -0.2) is 0 Å². The van der Waals surface area contributed by atoms with Crippen molar-refractivity contribution < 1.29 is 9.90 Å². The number of carbonyl (C=O) groups is 1. The summed E-state index contributed by atoms with van der Waals surface area (Å²) in [5.74, 6) is -0.107. The van der Waals surface area contributed by atoms with Gasteiger partial charge in [-0.15, -0.1) is 0 Å². The van der Waals surface area contributed by atoms with Crippen molar-refractivity contribution in [3.05, 3.63) is 0 Å². The van der Waals surface area contributed by atoms with Gasteiger partial charge in [0.2, 0.25) is 0 Å². The van der Waals surface area contributed by atoms with E-state index in [1.165, 1.54) is 0 Å². The Morgan fingerprint density at radius 3 is 2.29 bits per heavy atom. The molecule has 1 aliphatic heterocycles. The van der Waals surface area contributed by atoms with Gasteiger partial charge < -0.3 is 15.3 Å². The lowest BCUT2D eigenvalue weighted by Crippen LogP contribution is -2.54. The van der Waals surface area contributed by atoms with Gasteiger partial charge in [0.1, 0.15) is 5.60 Å². The lowest BCUT2D eigenvalue weighted by Gasteiger charge is -2.35. The number of carbonyl (C=O) groups excluding carboxylic acids is 1. The second kappa shape index (κ2) is 4.75. The first-order valence-corrected chi connectivity index (χ1v) is 5.36. The van der Waals surface area contributed by atoms with Crippen LogP contribution in [-0.4, -0.2) is 47.7 Å².